The smallest absolute Gasteiger partial charge is 0.0428 e. The molecule has 0 radical (unpaired) electrons. The van der Waals surface area contributed by atoms with Crippen molar-refractivity contribution in [2.75, 3.05) is 13.2 Å². The van der Waals surface area contributed by atoms with E-state index in [2.05, 4.69) is 19.2 Å². The molecule has 1 aliphatic carbocycles. The molecule has 1 aliphatic rings. The Hall–Kier alpha value is -0.120. The Balaban J connectivity index is 0. The summed E-state index contributed by atoms with van der Waals surface area (Å²) in [5.41, 5.74) is 5.41. The van der Waals surface area contributed by atoms with Crippen LogP contribution in [0.1, 0.15) is 47.0 Å². The van der Waals surface area contributed by atoms with Gasteiger partial charge in [0.2, 0.25) is 0 Å². The SMILES string of the molecule is CC.CC1CC[C@H](C)CC1CNCN.O. The molecule has 5 N–H and O–H groups in total. The van der Waals surface area contributed by atoms with Crippen molar-refractivity contribution in [3.05, 3.63) is 0 Å². The van der Waals surface area contributed by atoms with Crippen molar-refractivity contribution in [1.29, 1.82) is 0 Å². The fourth-order valence-corrected chi connectivity index (χ4v) is 2.20. The molecule has 0 aliphatic heterocycles. The van der Waals surface area contributed by atoms with Crippen molar-refractivity contribution < 1.29 is 5.48 Å². The van der Waals surface area contributed by atoms with Crippen LogP contribution in [0.15, 0.2) is 0 Å². The van der Waals surface area contributed by atoms with Crippen LogP contribution in [-0.2, 0) is 0 Å². The highest BCUT2D eigenvalue weighted by Gasteiger charge is 2.24. The summed E-state index contributed by atoms with van der Waals surface area (Å²) < 4.78 is 0. The predicted octanol–water partition coefficient (Wildman–Crippen LogP) is 1.77. The average molecular weight is 218 g/mol. The van der Waals surface area contributed by atoms with Gasteiger partial charge < -0.3 is 16.5 Å². The number of nitrogens with one attached hydrogen (secondary N) is 1. The second kappa shape index (κ2) is 10.4. The molecule has 0 spiro atoms. The highest BCUT2D eigenvalue weighted by atomic mass is 16.0. The molecule has 0 aromatic heterocycles. The summed E-state index contributed by atoms with van der Waals surface area (Å²) in [7, 11) is 0. The van der Waals surface area contributed by atoms with Gasteiger partial charge in [0.05, 0.1) is 0 Å². The zero-order valence-electron chi connectivity index (χ0n) is 10.8. The van der Waals surface area contributed by atoms with E-state index in [9.17, 15) is 0 Å². The molecule has 0 saturated heterocycles. The maximum Gasteiger partial charge on any atom is 0.0428 e. The zero-order chi connectivity index (χ0) is 11.0. The van der Waals surface area contributed by atoms with E-state index in [0.717, 1.165) is 24.3 Å². The van der Waals surface area contributed by atoms with Crippen molar-refractivity contribution in [3.63, 3.8) is 0 Å². The Bertz CT molecular complexity index is 131. The van der Waals surface area contributed by atoms with Crippen LogP contribution in [0, 0.1) is 17.8 Å². The molecule has 94 valence electrons. The van der Waals surface area contributed by atoms with E-state index < -0.39 is 0 Å². The van der Waals surface area contributed by atoms with Crippen molar-refractivity contribution in [3.8, 4) is 0 Å². The van der Waals surface area contributed by atoms with Crippen LogP contribution in [0.25, 0.3) is 0 Å². The van der Waals surface area contributed by atoms with Crippen molar-refractivity contribution in [1.82, 2.24) is 5.32 Å². The molecule has 3 nitrogen and oxygen atoms in total. The van der Waals surface area contributed by atoms with Crippen LogP contribution in [0.5, 0.6) is 0 Å². The van der Waals surface area contributed by atoms with Gasteiger partial charge in [-0.1, -0.05) is 40.5 Å². The molecular weight excluding hydrogens is 188 g/mol. The second-order valence-corrected chi connectivity index (χ2v) is 4.31. The fourth-order valence-electron chi connectivity index (χ4n) is 2.20. The Kier molecular flexibility index (Phi) is 12.0. The lowest BCUT2D eigenvalue weighted by Gasteiger charge is -2.32. The number of hydrogen-bond donors (Lipinski definition) is 2. The van der Waals surface area contributed by atoms with Crippen LogP contribution in [0.3, 0.4) is 0 Å². The van der Waals surface area contributed by atoms with E-state index in [4.69, 9.17) is 5.73 Å². The van der Waals surface area contributed by atoms with Gasteiger partial charge in [-0.3, -0.25) is 0 Å². The molecule has 0 aromatic rings. The van der Waals surface area contributed by atoms with Crippen LogP contribution < -0.4 is 11.1 Å². The number of nitrogens with two attached hydrogens (primary N) is 1. The third kappa shape index (κ3) is 6.88. The lowest BCUT2D eigenvalue weighted by Crippen LogP contribution is -2.34. The molecule has 1 fully saturated rings. The van der Waals surface area contributed by atoms with Gasteiger partial charge in [-0.2, -0.15) is 0 Å². The molecule has 15 heavy (non-hydrogen) atoms. The first-order valence-corrected chi connectivity index (χ1v) is 6.14. The van der Waals surface area contributed by atoms with Gasteiger partial charge in [0.25, 0.3) is 0 Å². The van der Waals surface area contributed by atoms with Crippen LogP contribution in [0.4, 0.5) is 0 Å². The van der Waals surface area contributed by atoms with Gasteiger partial charge in [0.1, 0.15) is 0 Å². The summed E-state index contributed by atoms with van der Waals surface area (Å²) >= 11 is 0. The Morgan fingerprint density at radius 3 is 2.33 bits per heavy atom. The normalized spacial score (nSPS) is 29.8. The predicted molar refractivity (Wildman–Crippen MR) is 67.7 cm³/mol. The third-order valence-electron chi connectivity index (χ3n) is 3.18. The van der Waals surface area contributed by atoms with E-state index in [1.54, 1.807) is 0 Å². The summed E-state index contributed by atoms with van der Waals surface area (Å²) in [5, 5.41) is 3.25. The van der Waals surface area contributed by atoms with Crippen LogP contribution in [0.2, 0.25) is 0 Å². The third-order valence-corrected chi connectivity index (χ3v) is 3.18. The van der Waals surface area contributed by atoms with E-state index in [-0.39, 0.29) is 5.48 Å². The van der Waals surface area contributed by atoms with Crippen LogP contribution >= 0.6 is 0 Å². The summed E-state index contributed by atoms with van der Waals surface area (Å²) in [4.78, 5) is 0. The maximum absolute atomic E-state index is 5.41. The molecule has 0 bridgehead atoms. The number of hydrogen-bond acceptors (Lipinski definition) is 2. The van der Waals surface area contributed by atoms with Gasteiger partial charge in [0, 0.05) is 6.67 Å². The van der Waals surface area contributed by atoms with E-state index >= 15 is 0 Å². The molecule has 0 heterocycles. The van der Waals surface area contributed by atoms with Crippen molar-refractivity contribution in [2.24, 2.45) is 23.5 Å². The fraction of sp³-hybridized carbons (Fsp3) is 1.00. The monoisotopic (exact) mass is 218 g/mol. The maximum atomic E-state index is 5.41. The molecule has 0 aromatic carbocycles. The summed E-state index contributed by atoms with van der Waals surface area (Å²) in [6, 6.07) is 0. The minimum Gasteiger partial charge on any atom is -0.412 e. The first kappa shape index (κ1) is 17.3. The van der Waals surface area contributed by atoms with Crippen LogP contribution in [-0.4, -0.2) is 18.7 Å². The molecule has 1 rings (SSSR count). The largest absolute Gasteiger partial charge is 0.412 e. The minimum atomic E-state index is 0. The van der Waals surface area contributed by atoms with Crippen molar-refractivity contribution >= 4 is 0 Å². The standard InChI is InChI=1S/C10H22N2.C2H6.H2O/c1-8-3-4-9(2)10(5-8)6-12-7-11;1-2;/h8-10,12H,3-7,11H2,1-2H3;1-2H3;1H2/t8-,9?,10?;;/m0../s1. The topological polar surface area (TPSA) is 69.5 Å². The Morgan fingerprint density at radius 2 is 1.80 bits per heavy atom. The molecule has 0 amide bonds. The average Bonchev–Trinajstić information content (AvgIpc) is 2.22. The Morgan fingerprint density at radius 1 is 1.20 bits per heavy atom. The quantitative estimate of drug-likeness (QED) is 0.709. The highest BCUT2D eigenvalue weighted by molar-refractivity contribution is 4.77. The van der Waals surface area contributed by atoms with E-state index in [1.165, 1.54) is 19.3 Å². The van der Waals surface area contributed by atoms with Gasteiger partial charge in [-0.15, -0.1) is 0 Å². The summed E-state index contributed by atoms with van der Waals surface area (Å²) in [6.45, 7) is 10.5. The zero-order valence-corrected chi connectivity index (χ0v) is 10.8. The van der Waals surface area contributed by atoms with Gasteiger partial charge >= 0.3 is 0 Å². The molecule has 2 unspecified atom stereocenters. The minimum absolute atomic E-state index is 0. The highest BCUT2D eigenvalue weighted by Crippen LogP contribution is 2.32. The molecule has 3 atom stereocenters. The Labute approximate surface area is 95.1 Å². The molecule has 3 heteroatoms. The summed E-state index contributed by atoms with van der Waals surface area (Å²) in [6.07, 6.45) is 4.20. The van der Waals surface area contributed by atoms with Gasteiger partial charge in [-0.05, 0) is 30.7 Å². The van der Waals surface area contributed by atoms with E-state index in [0.29, 0.717) is 6.67 Å². The molecular formula is C12H30N2O. The number of rotatable bonds is 3. The van der Waals surface area contributed by atoms with Crippen molar-refractivity contribution in [2.45, 2.75) is 47.0 Å². The molecule has 1 saturated carbocycles. The lowest BCUT2D eigenvalue weighted by molar-refractivity contribution is 0.199. The summed E-state index contributed by atoms with van der Waals surface area (Å²) in [5.74, 6) is 2.67. The second-order valence-electron chi connectivity index (χ2n) is 4.31. The van der Waals surface area contributed by atoms with E-state index in [1.807, 2.05) is 13.8 Å². The van der Waals surface area contributed by atoms with Gasteiger partial charge in [0.15, 0.2) is 0 Å². The first-order chi connectivity index (χ1) is 6.74. The first-order valence-electron chi connectivity index (χ1n) is 6.14. The lowest BCUT2D eigenvalue weighted by atomic mass is 9.75. The van der Waals surface area contributed by atoms with Gasteiger partial charge in [-0.25, -0.2) is 0 Å².